The van der Waals surface area contributed by atoms with E-state index in [4.69, 9.17) is 17.3 Å². The highest BCUT2D eigenvalue weighted by Gasteiger charge is 2.31. The summed E-state index contributed by atoms with van der Waals surface area (Å²) in [7, 11) is -2.29. The first-order valence-corrected chi connectivity index (χ1v) is 8.03. The van der Waals surface area contributed by atoms with Crippen molar-refractivity contribution in [1.82, 2.24) is 9.03 Å². The molecule has 1 saturated carbocycles. The summed E-state index contributed by atoms with van der Waals surface area (Å²) in [6.45, 7) is -0.125. The van der Waals surface area contributed by atoms with Crippen LogP contribution in [0.3, 0.4) is 0 Å². The normalized spacial score (nSPS) is 21.8. The van der Waals surface area contributed by atoms with E-state index in [9.17, 15) is 12.8 Å². The van der Waals surface area contributed by atoms with Crippen molar-refractivity contribution in [1.29, 1.82) is 0 Å². The second kappa shape index (κ2) is 7.21. The van der Waals surface area contributed by atoms with Crippen LogP contribution in [0.2, 0.25) is 5.02 Å². The summed E-state index contributed by atoms with van der Waals surface area (Å²) in [6, 6.07) is 4.16. The van der Waals surface area contributed by atoms with Crippen LogP contribution < -0.4 is 10.5 Å². The van der Waals surface area contributed by atoms with Gasteiger partial charge in [-0.3, -0.25) is 0 Å². The van der Waals surface area contributed by atoms with Crippen molar-refractivity contribution >= 4 is 34.2 Å². The van der Waals surface area contributed by atoms with Crippen molar-refractivity contribution in [2.24, 2.45) is 5.73 Å². The van der Waals surface area contributed by atoms with E-state index in [0.717, 1.165) is 4.31 Å². The summed E-state index contributed by atoms with van der Waals surface area (Å²) in [5, 5.41) is 0.206. The van der Waals surface area contributed by atoms with Gasteiger partial charge < -0.3 is 5.73 Å². The van der Waals surface area contributed by atoms with Crippen LogP contribution in [0.5, 0.6) is 0 Å². The summed E-state index contributed by atoms with van der Waals surface area (Å²) in [4.78, 5) is 0. The highest BCUT2D eigenvalue weighted by Crippen LogP contribution is 2.22. The average molecular weight is 358 g/mol. The molecule has 1 aliphatic carbocycles. The number of benzene rings is 1. The third-order valence-corrected chi connectivity index (χ3v) is 5.28. The predicted molar refractivity (Wildman–Crippen MR) is 83.2 cm³/mol. The topological polar surface area (TPSA) is 75.4 Å². The fourth-order valence-corrected chi connectivity index (χ4v) is 3.37. The van der Waals surface area contributed by atoms with Crippen LogP contribution in [0.15, 0.2) is 18.2 Å². The first kappa shape index (κ1) is 18.6. The quantitative estimate of drug-likeness (QED) is 0.841. The lowest BCUT2D eigenvalue weighted by molar-refractivity contribution is 0.318. The van der Waals surface area contributed by atoms with Gasteiger partial charge in [0.15, 0.2) is 0 Å². The molecule has 9 heteroatoms. The van der Waals surface area contributed by atoms with Crippen molar-refractivity contribution in [2.45, 2.75) is 31.5 Å². The number of hydrogen-bond acceptors (Lipinski definition) is 3. The Morgan fingerprint density at radius 3 is 2.62 bits per heavy atom. The van der Waals surface area contributed by atoms with Crippen molar-refractivity contribution < 1.29 is 12.8 Å². The van der Waals surface area contributed by atoms with Gasteiger partial charge in [-0.15, -0.1) is 12.4 Å². The van der Waals surface area contributed by atoms with E-state index in [1.807, 2.05) is 0 Å². The first-order chi connectivity index (χ1) is 9.29. The Hall–Kier alpha value is -0.440. The zero-order valence-electron chi connectivity index (χ0n) is 11.4. The minimum Gasteiger partial charge on any atom is -0.328 e. The molecule has 0 aliphatic heterocycles. The van der Waals surface area contributed by atoms with Crippen LogP contribution in [0.4, 0.5) is 4.39 Å². The van der Waals surface area contributed by atoms with E-state index in [-0.39, 0.29) is 41.6 Å². The number of nitrogens with two attached hydrogens (primary N) is 1. The third-order valence-electron chi connectivity index (χ3n) is 3.34. The molecule has 0 radical (unpaired) electrons. The van der Waals surface area contributed by atoms with Crippen LogP contribution in [0.1, 0.15) is 18.4 Å². The van der Waals surface area contributed by atoms with Gasteiger partial charge in [0.1, 0.15) is 5.82 Å². The number of nitrogens with one attached hydrogen (secondary N) is 1. The molecule has 0 atom stereocenters. The molecule has 1 aliphatic rings. The number of nitrogens with zero attached hydrogens (tertiary/aromatic N) is 1. The predicted octanol–water partition coefficient (Wildman–Crippen LogP) is 1.66. The molecule has 2 rings (SSSR count). The number of halogens is 3. The minimum absolute atomic E-state index is 0. The maximum atomic E-state index is 13.6. The second-order valence-corrected chi connectivity index (χ2v) is 7.22. The van der Waals surface area contributed by atoms with Gasteiger partial charge in [-0.25, -0.2) is 4.39 Å². The zero-order chi connectivity index (χ0) is 14.9. The Bertz CT molecular complexity index is 574. The molecule has 0 unspecified atom stereocenters. The van der Waals surface area contributed by atoms with Crippen molar-refractivity contribution in [3.05, 3.63) is 34.6 Å². The zero-order valence-corrected chi connectivity index (χ0v) is 13.8. The Morgan fingerprint density at radius 2 is 2.10 bits per heavy atom. The van der Waals surface area contributed by atoms with E-state index < -0.39 is 16.0 Å². The second-order valence-electron chi connectivity index (χ2n) is 5.01. The number of rotatable bonds is 5. The SMILES string of the molecule is CN(Cc1c(F)cccc1Cl)S(=O)(=O)NC1CC(N)C1.Cl. The van der Waals surface area contributed by atoms with Crippen LogP contribution in [0.25, 0.3) is 0 Å². The molecule has 1 aromatic carbocycles. The maximum absolute atomic E-state index is 13.6. The lowest BCUT2D eigenvalue weighted by atomic mass is 9.89. The molecule has 21 heavy (non-hydrogen) atoms. The van der Waals surface area contributed by atoms with Crippen LogP contribution in [0, 0.1) is 5.82 Å². The van der Waals surface area contributed by atoms with Gasteiger partial charge in [-0.1, -0.05) is 17.7 Å². The summed E-state index contributed by atoms with van der Waals surface area (Å²) in [5.41, 5.74) is 5.77. The lowest BCUT2D eigenvalue weighted by Gasteiger charge is -2.34. The lowest BCUT2D eigenvalue weighted by Crippen LogP contribution is -2.53. The Kier molecular flexibility index (Phi) is 6.39. The van der Waals surface area contributed by atoms with E-state index in [1.54, 1.807) is 0 Å². The molecule has 0 saturated heterocycles. The molecule has 1 aromatic rings. The van der Waals surface area contributed by atoms with Gasteiger partial charge in [0.05, 0.1) is 0 Å². The Balaban J connectivity index is 0.00000220. The third kappa shape index (κ3) is 4.51. The molecule has 0 heterocycles. The molecular weight excluding hydrogens is 340 g/mol. The molecule has 0 aromatic heterocycles. The highest BCUT2D eigenvalue weighted by molar-refractivity contribution is 7.87. The van der Waals surface area contributed by atoms with Crippen molar-refractivity contribution in [3.63, 3.8) is 0 Å². The first-order valence-electron chi connectivity index (χ1n) is 6.21. The molecule has 0 spiro atoms. The Morgan fingerprint density at radius 1 is 1.48 bits per heavy atom. The standard InChI is InChI=1S/C12H17ClFN3O2S.ClH/c1-17(7-10-11(13)3-2-4-12(10)14)20(18,19)16-9-5-8(15)6-9;/h2-4,8-9,16H,5-7,15H2,1H3;1H. The summed E-state index contributed by atoms with van der Waals surface area (Å²) < 4.78 is 41.4. The molecule has 1 fully saturated rings. The summed E-state index contributed by atoms with van der Waals surface area (Å²) in [5.74, 6) is -0.523. The van der Waals surface area contributed by atoms with Crippen LogP contribution in [-0.2, 0) is 16.8 Å². The average Bonchev–Trinajstić information content (AvgIpc) is 2.31. The van der Waals surface area contributed by atoms with Crippen LogP contribution >= 0.6 is 24.0 Å². The number of hydrogen-bond donors (Lipinski definition) is 2. The fourth-order valence-electron chi connectivity index (χ4n) is 2.05. The van der Waals surface area contributed by atoms with Gasteiger partial charge in [-0.05, 0) is 25.0 Å². The molecular formula is C12H18Cl2FN3O2S. The fraction of sp³-hybridized carbons (Fsp3) is 0.500. The largest absolute Gasteiger partial charge is 0.328 e. The highest BCUT2D eigenvalue weighted by atomic mass is 35.5. The Labute approximate surface area is 135 Å². The maximum Gasteiger partial charge on any atom is 0.279 e. The van der Waals surface area contributed by atoms with Crippen LogP contribution in [-0.4, -0.2) is 31.9 Å². The van der Waals surface area contributed by atoms with E-state index >= 15 is 0 Å². The molecule has 0 bridgehead atoms. The van der Waals surface area contributed by atoms with Gasteiger partial charge >= 0.3 is 0 Å². The molecule has 120 valence electrons. The molecule has 0 amide bonds. The van der Waals surface area contributed by atoms with Crippen molar-refractivity contribution in [2.75, 3.05) is 7.05 Å². The van der Waals surface area contributed by atoms with E-state index in [0.29, 0.717) is 12.8 Å². The monoisotopic (exact) mass is 357 g/mol. The smallest absolute Gasteiger partial charge is 0.279 e. The van der Waals surface area contributed by atoms with Gasteiger partial charge in [0, 0.05) is 36.3 Å². The van der Waals surface area contributed by atoms with E-state index in [2.05, 4.69) is 4.72 Å². The van der Waals surface area contributed by atoms with Gasteiger partial charge in [0.2, 0.25) is 0 Å². The minimum atomic E-state index is -3.67. The summed E-state index contributed by atoms with van der Waals surface area (Å²) >= 11 is 5.89. The van der Waals surface area contributed by atoms with Gasteiger partial charge in [-0.2, -0.15) is 17.4 Å². The van der Waals surface area contributed by atoms with Gasteiger partial charge in [0.25, 0.3) is 10.2 Å². The van der Waals surface area contributed by atoms with Crippen molar-refractivity contribution in [3.8, 4) is 0 Å². The molecule has 5 nitrogen and oxygen atoms in total. The summed E-state index contributed by atoms with van der Waals surface area (Å²) in [6.07, 6.45) is 1.24. The van der Waals surface area contributed by atoms with E-state index in [1.165, 1.54) is 25.2 Å². The molecule has 3 N–H and O–H groups in total.